The number of amides is 1. The largest absolute Gasteiger partial charge is 0.507 e. The first-order chi connectivity index (χ1) is 19.2. The summed E-state index contributed by atoms with van der Waals surface area (Å²) in [5.41, 5.74) is 1.87. The van der Waals surface area contributed by atoms with Gasteiger partial charge in [0.25, 0.3) is 5.78 Å². The van der Waals surface area contributed by atoms with Crippen LogP contribution < -0.4 is 14.4 Å². The fraction of sp³-hybridized carbons (Fsp3) is 0.267. The van der Waals surface area contributed by atoms with Crippen LogP contribution >= 0.6 is 11.3 Å². The first-order valence-electron chi connectivity index (χ1n) is 12.7. The Morgan fingerprint density at radius 1 is 1.15 bits per heavy atom. The van der Waals surface area contributed by atoms with E-state index in [2.05, 4.69) is 11.6 Å². The van der Waals surface area contributed by atoms with E-state index in [9.17, 15) is 19.5 Å². The van der Waals surface area contributed by atoms with Crippen molar-refractivity contribution in [2.45, 2.75) is 33.2 Å². The lowest BCUT2D eigenvalue weighted by atomic mass is 9.94. The van der Waals surface area contributed by atoms with E-state index in [1.807, 2.05) is 6.92 Å². The molecule has 0 bridgehead atoms. The van der Waals surface area contributed by atoms with Crippen molar-refractivity contribution in [1.29, 1.82) is 0 Å². The summed E-state index contributed by atoms with van der Waals surface area (Å²) in [4.78, 5) is 45.4. The Labute approximate surface area is 236 Å². The quantitative estimate of drug-likeness (QED) is 0.113. The molecule has 3 aromatic rings. The van der Waals surface area contributed by atoms with E-state index in [1.54, 1.807) is 56.3 Å². The summed E-state index contributed by atoms with van der Waals surface area (Å²) >= 11 is 0.937. The maximum absolute atomic E-state index is 13.5. The van der Waals surface area contributed by atoms with Crippen LogP contribution in [-0.2, 0) is 14.3 Å². The molecule has 1 N–H and O–H groups in total. The molecular weight excluding hydrogens is 532 g/mol. The van der Waals surface area contributed by atoms with E-state index in [-0.39, 0.29) is 27.9 Å². The van der Waals surface area contributed by atoms with Gasteiger partial charge in [0.1, 0.15) is 28.7 Å². The van der Waals surface area contributed by atoms with Crippen LogP contribution in [-0.4, -0.2) is 48.1 Å². The fourth-order valence-corrected chi connectivity index (χ4v) is 5.35. The van der Waals surface area contributed by atoms with E-state index < -0.39 is 23.7 Å². The van der Waals surface area contributed by atoms with Crippen LogP contribution in [0.5, 0.6) is 11.5 Å². The van der Waals surface area contributed by atoms with E-state index in [1.165, 1.54) is 18.1 Å². The second-order valence-corrected chi connectivity index (χ2v) is 10.0. The fourth-order valence-electron chi connectivity index (χ4n) is 4.36. The summed E-state index contributed by atoms with van der Waals surface area (Å²) in [6.45, 7) is 9.51. The van der Waals surface area contributed by atoms with Crippen molar-refractivity contribution in [3.05, 3.63) is 88.0 Å². The molecule has 0 saturated carbocycles. The Morgan fingerprint density at radius 3 is 2.48 bits per heavy atom. The van der Waals surface area contributed by atoms with Gasteiger partial charge in [-0.1, -0.05) is 43.0 Å². The molecule has 1 aliphatic heterocycles. The summed E-state index contributed by atoms with van der Waals surface area (Å²) in [5.74, 6) is -1.45. The van der Waals surface area contributed by atoms with Gasteiger partial charge in [0, 0.05) is 5.56 Å². The van der Waals surface area contributed by atoms with Gasteiger partial charge in [0.05, 0.1) is 31.0 Å². The van der Waals surface area contributed by atoms with E-state index in [0.29, 0.717) is 40.5 Å². The van der Waals surface area contributed by atoms with Crippen molar-refractivity contribution >= 4 is 39.9 Å². The average Bonchev–Trinajstić information content (AvgIpc) is 3.46. The SMILES string of the molecule is C=CCOC(=O)c1sc(N2C(=O)C(=O)C(=C(O)c3ccc(OCCC)cc3C)[C@H]2c2ccc(OC)cc2)nc1C. The molecule has 1 atom stereocenters. The van der Waals surface area contributed by atoms with Crippen molar-refractivity contribution in [2.75, 3.05) is 25.2 Å². The number of carbonyl (C=O) groups is 3. The Kier molecular flexibility index (Phi) is 8.69. The highest BCUT2D eigenvalue weighted by atomic mass is 32.1. The monoisotopic (exact) mass is 562 g/mol. The number of esters is 1. The number of hydrogen-bond donors (Lipinski definition) is 1. The van der Waals surface area contributed by atoms with Gasteiger partial charge >= 0.3 is 11.9 Å². The lowest BCUT2D eigenvalue weighted by molar-refractivity contribution is -0.132. The molecule has 1 aliphatic rings. The van der Waals surface area contributed by atoms with Crippen LogP contribution in [0.15, 0.2) is 60.7 Å². The van der Waals surface area contributed by atoms with Gasteiger partial charge in [-0.25, -0.2) is 9.78 Å². The third-order valence-corrected chi connectivity index (χ3v) is 7.45. The Morgan fingerprint density at radius 2 is 1.85 bits per heavy atom. The Bertz CT molecular complexity index is 1490. The van der Waals surface area contributed by atoms with Gasteiger partial charge in [0.15, 0.2) is 5.13 Å². The topological polar surface area (TPSA) is 115 Å². The van der Waals surface area contributed by atoms with E-state index in [4.69, 9.17) is 14.2 Å². The number of aliphatic hydroxyl groups excluding tert-OH is 1. The second kappa shape index (κ2) is 12.2. The minimum absolute atomic E-state index is 0.0174. The van der Waals surface area contributed by atoms with Crippen molar-refractivity contribution in [3.8, 4) is 11.5 Å². The number of aliphatic hydroxyl groups is 1. The zero-order valence-corrected chi connectivity index (χ0v) is 23.5. The van der Waals surface area contributed by atoms with Gasteiger partial charge in [-0.05, 0) is 61.7 Å². The smallest absolute Gasteiger partial charge is 0.350 e. The van der Waals surface area contributed by atoms with Crippen LogP contribution in [0.2, 0.25) is 0 Å². The van der Waals surface area contributed by atoms with E-state index >= 15 is 0 Å². The summed E-state index contributed by atoms with van der Waals surface area (Å²) < 4.78 is 16.1. The molecule has 1 fully saturated rings. The molecule has 9 nitrogen and oxygen atoms in total. The van der Waals surface area contributed by atoms with Gasteiger partial charge < -0.3 is 19.3 Å². The highest BCUT2D eigenvalue weighted by Crippen LogP contribution is 2.44. The van der Waals surface area contributed by atoms with Crippen LogP contribution in [0.1, 0.15) is 51.4 Å². The highest BCUT2D eigenvalue weighted by Gasteiger charge is 2.48. The average molecular weight is 563 g/mol. The number of hydrogen-bond acceptors (Lipinski definition) is 9. The molecule has 2 heterocycles. The number of carbonyl (C=O) groups excluding carboxylic acids is 3. The summed E-state index contributed by atoms with van der Waals surface area (Å²) in [7, 11) is 1.53. The number of Topliss-reactive ketones (excluding diaryl/α,β-unsaturated/α-hetero) is 1. The van der Waals surface area contributed by atoms with Gasteiger partial charge in [-0.2, -0.15) is 0 Å². The molecule has 10 heteroatoms. The molecule has 2 aromatic carbocycles. The zero-order valence-electron chi connectivity index (χ0n) is 22.7. The molecule has 40 heavy (non-hydrogen) atoms. The Balaban J connectivity index is 1.86. The van der Waals surface area contributed by atoms with Crippen LogP contribution in [0.3, 0.4) is 0 Å². The number of aromatic nitrogens is 1. The van der Waals surface area contributed by atoms with Crippen LogP contribution in [0, 0.1) is 13.8 Å². The Hall–Kier alpha value is -4.44. The summed E-state index contributed by atoms with van der Waals surface area (Å²) in [6, 6.07) is 11.0. The number of ether oxygens (including phenoxy) is 3. The molecule has 0 unspecified atom stereocenters. The highest BCUT2D eigenvalue weighted by molar-refractivity contribution is 7.17. The molecular formula is C30H30N2O7S. The molecule has 0 radical (unpaired) electrons. The first-order valence-corrected chi connectivity index (χ1v) is 13.5. The lowest BCUT2D eigenvalue weighted by Crippen LogP contribution is -2.29. The predicted octanol–water partition coefficient (Wildman–Crippen LogP) is 5.53. The third kappa shape index (κ3) is 5.48. The number of nitrogens with zero attached hydrogens (tertiary/aromatic N) is 2. The third-order valence-electron chi connectivity index (χ3n) is 6.31. The molecule has 1 amide bonds. The number of benzene rings is 2. The van der Waals surface area contributed by atoms with Gasteiger partial charge in [-0.3, -0.25) is 14.5 Å². The maximum atomic E-state index is 13.5. The van der Waals surface area contributed by atoms with Gasteiger partial charge in [-0.15, -0.1) is 0 Å². The minimum atomic E-state index is -1.01. The van der Waals surface area contributed by atoms with Gasteiger partial charge in [0.2, 0.25) is 0 Å². The molecule has 1 saturated heterocycles. The number of anilines is 1. The molecule has 0 aliphatic carbocycles. The summed E-state index contributed by atoms with van der Waals surface area (Å²) in [6.07, 6.45) is 2.29. The van der Waals surface area contributed by atoms with Crippen molar-refractivity contribution in [3.63, 3.8) is 0 Å². The van der Waals surface area contributed by atoms with Crippen molar-refractivity contribution in [2.24, 2.45) is 0 Å². The number of thiazole rings is 1. The van der Waals surface area contributed by atoms with Crippen molar-refractivity contribution in [1.82, 2.24) is 4.98 Å². The number of aryl methyl sites for hydroxylation is 2. The van der Waals surface area contributed by atoms with Crippen molar-refractivity contribution < 1.29 is 33.7 Å². The van der Waals surface area contributed by atoms with Crippen LogP contribution in [0.25, 0.3) is 5.76 Å². The second-order valence-electron chi connectivity index (χ2n) is 9.07. The summed E-state index contributed by atoms with van der Waals surface area (Å²) in [5, 5.41) is 11.6. The maximum Gasteiger partial charge on any atom is 0.350 e. The molecule has 208 valence electrons. The standard InChI is InChI=1S/C30H30N2O7S/c1-6-14-38-21-12-13-22(17(3)16-21)25(33)23-24(19-8-10-20(37-5)11-9-19)32(28(35)26(23)34)30-31-18(4)27(40-30)29(36)39-15-7-2/h7-13,16,24,33H,2,6,14-15H2,1,3-5H3/t24-/m1/s1. The lowest BCUT2D eigenvalue weighted by Gasteiger charge is -2.23. The number of rotatable bonds is 10. The van der Waals surface area contributed by atoms with E-state index in [0.717, 1.165) is 17.8 Å². The predicted molar refractivity (Wildman–Crippen MR) is 152 cm³/mol. The number of methoxy groups -OCH3 is 1. The van der Waals surface area contributed by atoms with Crippen LogP contribution in [0.4, 0.5) is 5.13 Å². The molecule has 1 aromatic heterocycles. The number of ketones is 1. The first kappa shape index (κ1) is 28.6. The molecule has 0 spiro atoms. The zero-order chi connectivity index (χ0) is 29.0. The molecule has 4 rings (SSSR count). The normalized spacial score (nSPS) is 16.2. The minimum Gasteiger partial charge on any atom is -0.507 e.